The predicted octanol–water partition coefficient (Wildman–Crippen LogP) is 2.90. The first-order chi connectivity index (χ1) is 5.90. The highest BCUT2D eigenvalue weighted by molar-refractivity contribution is 6.75. The summed E-state index contributed by atoms with van der Waals surface area (Å²) in [4.78, 5) is 0. The van der Waals surface area contributed by atoms with Crippen molar-refractivity contribution in [2.75, 3.05) is 6.61 Å². The van der Waals surface area contributed by atoms with Gasteiger partial charge in [-0.3, -0.25) is 0 Å². The molecule has 0 amide bonds. The summed E-state index contributed by atoms with van der Waals surface area (Å²) >= 11 is 0. The lowest BCUT2D eigenvalue weighted by molar-refractivity contribution is -0.0195. The molecule has 0 N–H and O–H groups in total. The third-order valence-electron chi connectivity index (χ3n) is 2.67. The number of rotatable bonds is 2. The molecule has 1 fully saturated rings. The lowest BCUT2D eigenvalue weighted by atomic mass is 10.4. The Morgan fingerprint density at radius 3 is 2.38 bits per heavy atom. The fraction of sp³-hybridized carbons (Fsp3) is 1.00. The average molecular weight is 212 g/mol. The van der Waals surface area contributed by atoms with Crippen LogP contribution in [0.3, 0.4) is 0 Å². The van der Waals surface area contributed by atoms with Gasteiger partial charge >= 0.3 is 0 Å². The van der Waals surface area contributed by atoms with Crippen molar-refractivity contribution in [3.63, 3.8) is 0 Å². The van der Waals surface area contributed by atoms with Crippen LogP contribution in [0.1, 0.15) is 19.8 Å². The molecule has 1 aliphatic rings. The van der Waals surface area contributed by atoms with E-state index in [0.29, 0.717) is 12.7 Å². The minimum Gasteiger partial charge on any atom is -0.410 e. The van der Waals surface area contributed by atoms with Gasteiger partial charge in [-0.1, -0.05) is 6.42 Å². The average Bonchev–Trinajstić information content (AvgIpc) is 2.05. The molecule has 0 aliphatic carbocycles. The topological polar surface area (TPSA) is 9.23 Å². The van der Waals surface area contributed by atoms with Gasteiger partial charge in [0.2, 0.25) is 0 Å². The molecule has 1 aliphatic heterocycles. The Bertz CT molecular complexity index is 178. The van der Waals surface area contributed by atoms with Gasteiger partial charge in [0.25, 0.3) is 13.9 Å². The monoisotopic (exact) mass is 212 g/mol. The van der Waals surface area contributed by atoms with Crippen LogP contribution in [0.2, 0.25) is 12.6 Å². The minimum absolute atomic E-state index is 0.366. The van der Waals surface area contributed by atoms with Crippen molar-refractivity contribution in [2.24, 2.45) is 0 Å². The van der Waals surface area contributed by atoms with Gasteiger partial charge in [-0.25, -0.2) is 13.2 Å². The summed E-state index contributed by atoms with van der Waals surface area (Å²) in [5.41, 5.74) is -3.24. The molecule has 0 saturated carbocycles. The van der Waals surface area contributed by atoms with Crippen molar-refractivity contribution in [2.45, 2.75) is 44.1 Å². The Balaban J connectivity index is 2.76. The fourth-order valence-electron chi connectivity index (χ4n) is 1.62. The van der Waals surface area contributed by atoms with Crippen LogP contribution in [0.15, 0.2) is 0 Å². The van der Waals surface area contributed by atoms with E-state index in [1.54, 1.807) is 0 Å². The van der Waals surface area contributed by atoms with E-state index in [-0.39, 0.29) is 0 Å². The van der Waals surface area contributed by atoms with Gasteiger partial charge in [0.15, 0.2) is 6.17 Å². The van der Waals surface area contributed by atoms with E-state index in [9.17, 15) is 13.2 Å². The van der Waals surface area contributed by atoms with E-state index in [4.69, 9.17) is 4.43 Å². The molecule has 0 aromatic rings. The molecule has 0 aromatic heterocycles. The standard InChI is InChI=1S/C8H15F3OSi/c1-7(9)8(10,11)13(2)6-4-3-5-12-13/h7H,3-6H2,1-2H3. The van der Waals surface area contributed by atoms with E-state index in [2.05, 4.69) is 0 Å². The number of hydrogen-bond donors (Lipinski definition) is 0. The second kappa shape index (κ2) is 3.61. The molecule has 0 radical (unpaired) electrons. The number of alkyl halides is 3. The Morgan fingerprint density at radius 1 is 1.38 bits per heavy atom. The molecular weight excluding hydrogens is 197 g/mol. The molecule has 1 nitrogen and oxygen atoms in total. The quantitative estimate of drug-likeness (QED) is 0.639. The molecule has 2 unspecified atom stereocenters. The van der Waals surface area contributed by atoms with Crippen molar-refractivity contribution in [3.05, 3.63) is 0 Å². The zero-order chi connectivity index (χ0) is 10.1. The minimum atomic E-state index is -3.24. The second-order valence-corrected chi connectivity index (χ2v) is 7.69. The van der Waals surface area contributed by atoms with Crippen molar-refractivity contribution >= 4 is 8.32 Å². The third-order valence-corrected chi connectivity index (χ3v) is 6.63. The maximum atomic E-state index is 13.4. The smallest absolute Gasteiger partial charge is 0.286 e. The maximum absolute atomic E-state index is 13.4. The van der Waals surface area contributed by atoms with Crippen LogP contribution in [0.4, 0.5) is 13.2 Å². The molecule has 0 bridgehead atoms. The zero-order valence-electron chi connectivity index (χ0n) is 7.95. The normalized spacial score (nSPS) is 33.0. The van der Waals surface area contributed by atoms with Crippen molar-refractivity contribution in [1.82, 2.24) is 0 Å². The van der Waals surface area contributed by atoms with E-state index in [1.165, 1.54) is 6.55 Å². The van der Waals surface area contributed by atoms with E-state index < -0.39 is 20.0 Å². The van der Waals surface area contributed by atoms with Gasteiger partial charge in [-0.2, -0.15) is 0 Å². The summed E-state index contributed by atoms with van der Waals surface area (Å²) in [6.07, 6.45) is -0.535. The van der Waals surface area contributed by atoms with Crippen LogP contribution in [0, 0.1) is 0 Å². The van der Waals surface area contributed by atoms with Gasteiger partial charge in [0, 0.05) is 6.61 Å². The lowest BCUT2D eigenvalue weighted by Gasteiger charge is -2.38. The SMILES string of the molecule is CC(F)C(F)(F)[Si]1(C)CCCCO1. The lowest BCUT2D eigenvalue weighted by Crippen LogP contribution is -2.58. The summed E-state index contributed by atoms with van der Waals surface area (Å²) in [6.45, 7) is 2.71. The highest BCUT2D eigenvalue weighted by atomic mass is 28.4. The highest BCUT2D eigenvalue weighted by Crippen LogP contribution is 2.38. The van der Waals surface area contributed by atoms with Gasteiger partial charge in [0.05, 0.1) is 0 Å². The second-order valence-electron chi connectivity index (χ2n) is 3.78. The molecule has 13 heavy (non-hydrogen) atoms. The summed E-state index contributed by atoms with van der Waals surface area (Å²) in [7, 11) is -3.14. The van der Waals surface area contributed by atoms with Crippen LogP contribution in [0.25, 0.3) is 0 Å². The number of hydrogen-bond acceptors (Lipinski definition) is 1. The fourth-order valence-corrected chi connectivity index (χ4v) is 4.65. The van der Waals surface area contributed by atoms with E-state index in [1.807, 2.05) is 0 Å². The molecule has 1 heterocycles. The molecular formula is C8H15F3OSi. The van der Waals surface area contributed by atoms with Crippen molar-refractivity contribution in [1.29, 1.82) is 0 Å². The summed E-state index contributed by atoms with van der Waals surface area (Å²) < 4.78 is 44.6. The maximum Gasteiger partial charge on any atom is 0.286 e. The molecule has 78 valence electrons. The van der Waals surface area contributed by atoms with Crippen LogP contribution in [-0.2, 0) is 4.43 Å². The van der Waals surface area contributed by atoms with E-state index in [0.717, 1.165) is 19.8 Å². The third kappa shape index (κ3) is 1.91. The molecule has 1 saturated heterocycles. The predicted molar refractivity (Wildman–Crippen MR) is 47.1 cm³/mol. The first kappa shape index (κ1) is 11.0. The van der Waals surface area contributed by atoms with Gasteiger partial charge in [-0.15, -0.1) is 0 Å². The largest absolute Gasteiger partial charge is 0.410 e. The summed E-state index contributed by atoms with van der Waals surface area (Å²) in [5, 5.41) is 0. The summed E-state index contributed by atoms with van der Waals surface area (Å²) in [5.74, 6) is 0. The van der Waals surface area contributed by atoms with Gasteiger partial charge in [-0.05, 0) is 25.9 Å². The molecule has 2 atom stereocenters. The van der Waals surface area contributed by atoms with Crippen molar-refractivity contribution < 1.29 is 17.6 Å². The first-order valence-corrected chi connectivity index (χ1v) is 7.17. The van der Waals surface area contributed by atoms with Crippen LogP contribution < -0.4 is 0 Å². The molecule has 5 heteroatoms. The Kier molecular flexibility index (Phi) is 3.07. The van der Waals surface area contributed by atoms with E-state index >= 15 is 0 Å². The first-order valence-electron chi connectivity index (χ1n) is 4.56. The number of halogens is 3. The molecule has 0 aromatic carbocycles. The van der Waals surface area contributed by atoms with Crippen LogP contribution in [-0.4, -0.2) is 26.6 Å². The summed E-state index contributed by atoms with van der Waals surface area (Å²) in [6, 6.07) is 0.369. The Morgan fingerprint density at radius 2 is 2.00 bits per heavy atom. The van der Waals surface area contributed by atoms with Gasteiger partial charge in [0.1, 0.15) is 0 Å². The van der Waals surface area contributed by atoms with Gasteiger partial charge < -0.3 is 4.43 Å². The molecule has 1 rings (SSSR count). The zero-order valence-corrected chi connectivity index (χ0v) is 8.95. The Hall–Kier alpha value is -0.0331. The van der Waals surface area contributed by atoms with Crippen LogP contribution in [0.5, 0.6) is 0 Å². The van der Waals surface area contributed by atoms with Crippen LogP contribution >= 0.6 is 0 Å². The molecule has 0 spiro atoms. The van der Waals surface area contributed by atoms with Crippen molar-refractivity contribution in [3.8, 4) is 0 Å². The highest BCUT2D eigenvalue weighted by Gasteiger charge is 2.58. The Labute approximate surface area is 77.4 Å².